The standard InChI is InChI=1S/C13H26N2/c1-4-11(2)10-15(3)13(14)12-8-6-5-7-9-12/h11-12,14H,4-10H2,1-3H3. The molecule has 0 aromatic heterocycles. The lowest BCUT2D eigenvalue weighted by atomic mass is 9.88. The van der Waals surface area contributed by atoms with Gasteiger partial charge in [-0.05, 0) is 18.8 Å². The first-order chi connectivity index (χ1) is 7.15. The Balaban J connectivity index is 2.37. The maximum absolute atomic E-state index is 8.18. The molecule has 15 heavy (non-hydrogen) atoms. The highest BCUT2D eigenvalue weighted by Gasteiger charge is 2.21. The van der Waals surface area contributed by atoms with Gasteiger partial charge in [0.05, 0.1) is 5.84 Å². The van der Waals surface area contributed by atoms with E-state index in [9.17, 15) is 0 Å². The highest BCUT2D eigenvalue weighted by molar-refractivity contribution is 5.81. The van der Waals surface area contributed by atoms with E-state index in [4.69, 9.17) is 5.41 Å². The van der Waals surface area contributed by atoms with Crippen molar-refractivity contribution in [2.24, 2.45) is 11.8 Å². The molecule has 0 amide bonds. The van der Waals surface area contributed by atoms with Crippen LogP contribution in [0.25, 0.3) is 0 Å². The SMILES string of the molecule is CCC(C)CN(C)C(=N)C1CCCCC1. The monoisotopic (exact) mass is 210 g/mol. The van der Waals surface area contributed by atoms with Crippen molar-refractivity contribution in [2.75, 3.05) is 13.6 Å². The number of nitrogens with zero attached hydrogens (tertiary/aromatic N) is 1. The molecule has 0 heterocycles. The van der Waals surface area contributed by atoms with Crippen molar-refractivity contribution < 1.29 is 0 Å². The van der Waals surface area contributed by atoms with Gasteiger partial charge < -0.3 is 4.90 Å². The normalized spacial score (nSPS) is 19.9. The van der Waals surface area contributed by atoms with Crippen LogP contribution in [0.3, 0.4) is 0 Å². The van der Waals surface area contributed by atoms with E-state index in [2.05, 4.69) is 25.8 Å². The van der Waals surface area contributed by atoms with E-state index in [0.29, 0.717) is 11.8 Å². The van der Waals surface area contributed by atoms with Gasteiger partial charge in [0.2, 0.25) is 0 Å². The van der Waals surface area contributed by atoms with Gasteiger partial charge >= 0.3 is 0 Å². The lowest BCUT2D eigenvalue weighted by Crippen LogP contribution is -2.36. The summed E-state index contributed by atoms with van der Waals surface area (Å²) in [5, 5.41) is 8.18. The predicted octanol–water partition coefficient (Wildman–Crippen LogP) is 3.52. The van der Waals surface area contributed by atoms with Gasteiger partial charge in [0.25, 0.3) is 0 Å². The molecule has 1 saturated carbocycles. The molecule has 1 aliphatic rings. The third-order valence-corrected chi connectivity index (χ3v) is 3.69. The summed E-state index contributed by atoms with van der Waals surface area (Å²) in [5.41, 5.74) is 0. The summed E-state index contributed by atoms with van der Waals surface area (Å²) >= 11 is 0. The molecule has 1 aliphatic carbocycles. The smallest absolute Gasteiger partial charge is 0.0986 e. The molecule has 1 fully saturated rings. The van der Waals surface area contributed by atoms with Crippen LogP contribution in [0.4, 0.5) is 0 Å². The number of nitrogens with one attached hydrogen (secondary N) is 1. The fourth-order valence-corrected chi connectivity index (χ4v) is 2.38. The van der Waals surface area contributed by atoms with Crippen molar-refractivity contribution in [2.45, 2.75) is 52.4 Å². The van der Waals surface area contributed by atoms with Gasteiger partial charge in [0.15, 0.2) is 0 Å². The van der Waals surface area contributed by atoms with Gasteiger partial charge in [0, 0.05) is 19.5 Å². The lowest BCUT2D eigenvalue weighted by Gasteiger charge is -2.30. The van der Waals surface area contributed by atoms with Crippen molar-refractivity contribution in [3.63, 3.8) is 0 Å². The maximum Gasteiger partial charge on any atom is 0.0986 e. The minimum Gasteiger partial charge on any atom is -0.363 e. The summed E-state index contributed by atoms with van der Waals surface area (Å²) < 4.78 is 0. The van der Waals surface area contributed by atoms with Gasteiger partial charge in [-0.3, -0.25) is 5.41 Å². The van der Waals surface area contributed by atoms with Crippen molar-refractivity contribution in [1.82, 2.24) is 4.90 Å². The predicted molar refractivity (Wildman–Crippen MR) is 66.4 cm³/mol. The van der Waals surface area contributed by atoms with Gasteiger partial charge in [-0.2, -0.15) is 0 Å². The molecule has 2 nitrogen and oxygen atoms in total. The molecule has 1 rings (SSSR count). The second-order valence-electron chi connectivity index (χ2n) is 5.11. The third-order valence-electron chi connectivity index (χ3n) is 3.69. The summed E-state index contributed by atoms with van der Waals surface area (Å²) in [7, 11) is 2.09. The molecule has 1 atom stereocenters. The topological polar surface area (TPSA) is 27.1 Å². The Morgan fingerprint density at radius 2 is 1.93 bits per heavy atom. The van der Waals surface area contributed by atoms with Crippen LogP contribution < -0.4 is 0 Å². The number of rotatable bonds is 4. The van der Waals surface area contributed by atoms with Gasteiger partial charge in [-0.25, -0.2) is 0 Å². The summed E-state index contributed by atoms with van der Waals surface area (Å²) in [5.74, 6) is 2.14. The zero-order chi connectivity index (χ0) is 11.3. The van der Waals surface area contributed by atoms with Crippen molar-refractivity contribution in [1.29, 1.82) is 5.41 Å². The molecular formula is C13H26N2. The molecule has 1 unspecified atom stereocenters. The van der Waals surface area contributed by atoms with Crippen LogP contribution >= 0.6 is 0 Å². The van der Waals surface area contributed by atoms with Crippen LogP contribution in [0, 0.1) is 17.2 Å². The Labute approximate surface area is 94.6 Å². The third kappa shape index (κ3) is 3.84. The number of hydrogen-bond donors (Lipinski definition) is 1. The quantitative estimate of drug-likeness (QED) is 0.558. The second kappa shape index (κ2) is 6.14. The molecule has 1 N–H and O–H groups in total. The van der Waals surface area contributed by atoms with Crippen LogP contribution in [-0.2, 0) is 0 Å². The zero-order valence-corrected chi connectivity index (χ0v) is 10.6. The van der Waals surface area contributed by atoms with Crippen molar-refractivity contribution in [3.8, 4) is 0 Å². The van der Waals surface area contributed by atoms with Crippen LogP contribution in [0.1, 0.15) is 52.4 Å². The zero-order valence-electron chi connectivity index (χ0n) is 10.6. The first-order valence-corrected chi connectivity index (χ1v) is 6.44. The number of amidine groups is 1. The summed E-state index contributed by atoms with van der Waals surface area (Å²) in [6.45, 7) is 5.54. The Hall–Kier alpha value is -0.530. The van der Waals surface area contributed by atoms with Crippen LogP contribution in [-0.4, -0.2) is 24.3 Å². The highest BCUT2D eigenvalue weighted by atomic mass is 15.1. The minimum absolute atomic E-state index is 0.549. The molecule has 0 bridgehead atoms. The first kappa shape index (κ1) is 12.5. The van der Waals surface area contributed by atoms with Crippen LogP contribution in [0.5, 0.6) is 0 Å². The highest BCUT2D eigenvalue weighted by Crippen LogP contribution is 2.25. The largest absolute Gasteiger partial charge is 0.363 e. The minimum atomic E-state index is 0.549. The molecule has 0 aromatic rings. The van der Waals surface area contributed by atoms with Gasteiger partial charge in [-0.1, -0.05) is 39.5 Å². The van der Waals surface area contributed by atoms with Crippen LogP contribution in [0.15, 0.2) is 0 Å². The van der Waals surface area contributed by atoms with E-state index < -0.39 is 0 Å². The fourth-order valence-electron chi connectivity index (χ4n) is 2.38. The maximum atomic E-state index is 8.18. The van der Waals surface area contributed by atoms with Gasteiger partial charge in [-0.15, -0.1) is 0 Å². The molecule has 0 radical (unpaired) electrons. The van der Waals surface area contributed by atoms with E-state index >= 15 is 0 Å². The van der Waals surface area contributed by atoms with E-state index in [1.54, 1.807) is 0 Å². The molecule has 0 saturated heterocycles. The van der Waals surface area contributed by atoms with E-state index in [1.165, 1.54) is 38.5 Å². The lowest BCUT2D eigenvalue weighted by molar-refractivity contribution is 0.348. The van der Waals surface area contributed by atoms with E-state index in [1.807, 2.05) is 0 Å². The Kier molecular flexibility index (Phi) is 5.13. The fraction of sp³-hybridized carbons (Fsp3) is 0.923. The molecule has 0 aromatic carbocycles. The average Bonchev–Trinajstić information content (AvgIpc) is 2.29. The van der Waals surface area contributed by atoms with E-state index in [-0.39, 0.29) is 0 Å². The Bertz CT molecular complexity index is 195. The Morgan fingerprint density at radius 1 is 1.33 bits per heavy atom. The van der Waals surface area contributed by atoms with Crippen molar-refractivity contribution in [3.05, 3.63) is 0 Å². The van der Waals surface area contributed by atoms with Gasteiger partial charge in [0.1, 0.15) is 0 Å². The number of hydrogen-bond acceptors (Lipinski definition) is 1. The summed E-state index contributed by atoms with van der Waals surface area (Å²) in [4.78, 5) is 2.17. The molecular weight excluding hydrogens is 184 g/mol. The molecule has 2 heteroatoms. The average molecular weight is 210 g/mol. The molecule has 88 valence electrons. The Morgan fingerprint density at radius 3 is 2.47 bits per heavy atom. The summed E-state index contributed by atoms with van der Waals surface area (Å²) in [6, 6.07) is 0. The second-order valence-corrected chi connectivity index (χ2v) is 5.11. The molecule has 0 aliphatic heterocycles. The van der Waals surface area contributed by atoms with Crippen molar-refractivity contribution >= 4 is 5.84 Å². The van der Waals surface area contributed by atoms with E-state index in [0.717, 1.165) is 12.4 Å². The summed E-state index contributed by atoms with van der Waals surface area (Å²) in [6.07, 6.45) is 7.71. The van der Waals surface area contributed by atoms with Crippen LogP contribution in [0.2, 0.25) is 0 Å². The molecule has 0 spiro atoms. The first-order valence-electron chi connectivity index (χ1n) is 6.44.